The quantitative estimate of drug-likeness (QED) is 0.800. The maximum Gasteiger partial charge on any atom is 0.254 e. The van der Waals surface area contributed by atoms with Gasteiger partial charge < -0.3 is 10.5 Å². The standard InChI is InChI=1S/C10H9ClFNO2/c11-8-6(12)4-5-2-1-3-15-9(5)7(8)10(13)14/h4H,1-3H2,(H2,13,14). The lowest BCUT2D eigenvalue weighted by molar-refractivity contribution is 0.0995. The predicted molar refractivity (Wildman–Crippen MR) is 53.7 cm³/mol. The molecule has 0 aliphatic carbocycles. The first kappa shape index (κ1) is 10.2. The van der Waals surface area contributed by atoms with Gasteiger partial charge in [-0.2, -0.15) is 0 Å². The molecule has 15 heavy (non-hydrogen) atoms. The monoisotopic (exact) mass is 229 g/mol. The molecule has 2 rings (SSSR count). The third kappa shape index (κ3) is 1.65. The molecule has 1 amide bonds. The summed E-state index contributed by atoms with van der Waals surface area (Å²) in [7, 11) is 0. The summed E-state index contributed by atoms with van der Waals surface area (Å²) in [5.41, 5.74) is 5.74. The van der Waals surface area contributed by atoms with E-state index in [2.05, 4.69) is 0 Å². The summed E-state index contributed by atoms with van der Waals surface area (Å²) in [6.07, 6.45) is 1.47. The minimum Gasteiger partial charge on any atom is -0.492 e. The molecule has 0 radical (unpaired) electrons. The third-order valence-corrected chi connectivity index (χ3v) is 2.70. The van der Waals surface area contributed by atoms with Crippen LogP contribution in [0, 0.1) is 5.82 Å². The molecule has 1 heterocycles. The van der Waals surface area contributed by atoms with Gasteiger partial charge in [-0.25, -0.2) is 4.39 Å². The second-order valence-corrected chi connectivity index (χ2v) is 3.73. The fourth-order valence-corrected chi connectivity index (χ4v) is 1.90. The third-order valence-electron chi connectivity index (χ3n) is 2.33. The lowest BCUT2D eigenvalue weighted by atomic mass is 10.0. The zero-order valence-electron chi connectivity index (χ0n) is 7.85. The molecule has 1 aromatic rings. The minimum atomic E-state index is -0.766. The van der Waals surface area contributed by atoms with Crippen LogP contribution in [0.2, 0.25) is 5.02 Å². The molecule has 0 saturated heterocycles. The van der Waals surface area contributed by atoms with Crippen molar-refractivity contribution in [3.05, 3.63) is 28.0 Å². The smallest absolute Gasteiger partial charge is 0.254 e. The van der Waals surface area contributed by atoms with Gasteiger partial charge in [0, 0.05) is 0 Å². The van der Waals surface area contributed by atoms with Gasteiger partial charge in [0.05, 0.1) is 11.6 Å². The van der Waals surface area contributed by atoms with Crippen LogP contribution in [0.5, 0.6) is 5.75 Å². The van der Waals surface area contributed by atoms with Gasteiger partial charge in [0.2, 0.25) is 0 Å². The van der Waals surface area contributed by atoms with Crippen molar-refractivity contribution in [3.8, 4) is 5.75 Å². The number of ether oxygens (including phenoxy) is 1. The maximum atomic E-state index is 13.3. The number of aryl methyl sites for hydroxylation is 1. The molecule has 0 atom stereocenters. The minimum absolute atomic E-state index is 0.0497. The van der Waals surface area contributed by atoms with Crippen LogP contribution in [0.15, 0.2) is 6.07 Å². The van der Waals surface area contributed by atoms with E-state index in [1.165, 1.54) is 6.07 Å². The van der Waals surface area contributed by atoms with E-state index in [9.17, 15) is 9.18 Å². The molecule has 0 aromatic heterocycles. The molecule has 0 fully saturated rings. The molecule has 2 N–H and O–H groups in total. The number of rotatable bonds is 1. The number of halogens is 2. The van der Waals surface area contributed by atoms with E-state index < -0.39 is 11.7 Å². The van der Waals surface area contributed by atoms with Gasteiger partial charge in [0.1, 0.15) is 17.1 Å². The zero-order valence-corrected chi connectivity index (χ0v) is 8.60. The Morgan fingerprint density at radius 3 is 3.00 bits per heavy atom. The van der Waals surface area contributed by atoms with Crippen LogP contribution in [0.4, 0.5) is 4.39 Å². The Hall–Kier alpha value is -1.29. The highest BCUT2D eigenvalue weighted by atomic mass is 35.5. The summed E-state index contributed by atoms with van der Waals surface area (Å²) in [5.74, 6) is -1.06. The summed E-state index contributed by atoms with van der Waals surface area (Å²) in [6, 6.07) is 1.29. The van der Waals surface area contributed by atoms with Crippen molar-refractivity contribution in [3.63, 3.8) is 0 Å². The molecular formula is C10H9ClFNO2. The van der Waals surface area contributed by atoms with Crippen molar-refractivity contribution >= 4 is 17.5 Å². The predicted octanol–water partition coefficient (Wildman–Crippen LogP) is 1.90. The Morgan fingerprint density at radius 1 is 1.60 bits per heavy atom. The molecule has 1 aliphatic heterocycles. The van der Waals surface area contributed by atoms with Gasteiger partial charge in [-0.05, 0) is 24.5 Å². The molecule has 0 bridgehead atoms. The van der Waals surface area contributed by atoms with Gasteiger partial charge in [-0.15, -0.1) is 0 Å². The number of benzene rings is 1. The summed E-state index contributed by atoms with van der Waals surface area (Å²) in [6.45, 7) is 0.495. The van der Waals surface area contributed by atoms with Crippen LogP contribution < -0.4 is 10.5 Å². The molecule has 0 spiro atoms. The van der Waals surface area contributed by atoms with Crippen molar-refractivity contribution < 1.29 is 13.9 Å². The van der Waals surface area contributed by atoms with Gasteiger partial charge in [0.25, 0.3) is 5.91 Å². The first-order valence-corrected chi connectivity index (χ1v) is 4.92. The maximum absolute atomic E-state index is 13.3. The Balaban J connectivity index is 2.68. The van der Waals surface area contributed by atoms with Crippen molar-refractivity contribution in [2.75, 3.05) is 6.61 Å². The van der Waals surface area contributed by atoms with Crippen molar-refractivity contribution in [2.45, 2.75) is 12.8 Å². The summed E-state index contributed by atoms with van der Waals surface area (Å²) < 4.78 is 18.6. The van der Waals surface area contributed by atoms with E-state index in [-0.39, 0.29) is 10.6 Å². The van der Waals surface area contributed by atoms with E-state index in [1.807, 2.05) is 0 Å². The number of nitrogens with two attached hydrogens (primary N) is 1. The number of amides is 1. The van der Waals surface area contributed by atoms with Gasteiger partial charge in [-0.1, -0.05) is 11.6 Å². The van der Waals surface area contributed by atoms with Crippen LogP contribution in [0.25, 0.3) is 0 Å². The highest BCUT2D eigenvalue weighted by Gasteiger charge is 2.24. The summed E-state index contributed by atoms with van der Waals surface area (Å²) in [5, 5.41) is -0.261. The Labute approximate surface area is 91.0 Å². The molecule has 3 nitrogen and oxygen atoms in total. The average Bonchev–Trinajstić information content (AvgIpc) is 2.19. The Morgan fingerprint density at radius 2 is 2.33 bits per heavy atom. The SMILES string of the molecule is NC(=O)c1c(Cl)c(F)cc2c1OCCC2. The van der Waals surface area contributed by atoms with Crippen molar-refractivity contribution in [1.82, 2.24) is 0 Å². The van der Waals surface area contributed by atoms with Crippen LogP contribution >= 0.6 is 11.6 Å². The number of carbonyl (C=O) groups excluding carboxylic acids is 1. The first-order valence-electron chi connectivity index (χ1n) is 4.54. The first-order chi connectivity index (χ1) is 7.11. The topological polar surface area (TPSA) is 52.3 Å². The fraction of sp³-hybridized carbons (Fsp3) is 0.300. The van der Waals surface area contributed by atoms with E-state index in [1.54, 1.807) is 0 Å². The van der Waals surface area contributed by atoms with E-state index in [0.717, 1.165) is 6.42 Å². The van der Waals surface area contributed by atoms with E-state index in [4.69, 9.17) is 22.1 Å². The molecule has 0 unspecified atom stereocenters. The molecular weight excluding hydrogens is 221 g/mol. The highest BCUT2D eigenvalue weighted by Crippen LogP contribution is 2.35. The molecule has 5 heteroatoms. The lowest BCUT2D eigenvalue weighted by Gasteiger charge is -2.20. The molecule has 1 aliphatic rings. The molecule has 80 valence electrons. The number of fused-ring (bicyclic) bond motifs is 1. The van der Waals surface area contributed by atoms with Crippen LogP contribution in [-0.2, 0) is 6.42 Å². The molecule has 0 saturated carbocycles. The Kier molecular flexibility index (Phi) is 2.52. The Bertz CT molecular complexity index is 434. The zero-order chi connectivity index (χ0) is 11.0. The second kappa shape index (κ2) is 3.70. The van der Waals surface area contributed by atoms with E-state index >= 15 is 0 Å². The van der Waals surface area contributed by atoms with E-state index in [0.29, 0.717) is 24.3 Å². The fourth-order valence-electron chi connectivity index (χ4n) is 1.67. The second-order valence-electron chi connectivity index (χ2n) is 3.35. The summed E-state index contributed by atoms with van der Waals surface area (Å²) >= 11 is 5.67. The number of hydrogen-bond acceptors (Lipinski definition) is 2. The number of primary amides is 1. The van der Waals surface area contributed by atoms with Crippen molar-refractivity contribution in [1.29, 1.82) is 0 Å². The number of carbonyl (C=O) groups is 1. The summed E-state index contributed by atoms with van der Waals surface area (Å²) in [4.78, 5) is 11.1. The highest BCUT2D eigenvalue weighted by molar-refractivity contribution is 6.34. The van der Waals surface area contributed by atoms with Crippen LogP contribution in [0.1, 0.15) is 22.3 Å². The normalized spacial score (nSPS) is 14.3. The molecule has 1 aromatic carbocycles. The van der Waals surface area contributed by atoms with Gasteiger partial charge in [-0.3, -0.25) is 4.79 Å². The number of hydrogen-bond donors (Lipinski definition) is 1. The average molecular weight is 230 g/mol. The van der Waals surface area contributed by atoms with Crippen molar-refractivity contribution in [2.24, 2.45) is 5.73 Å². The lowest BCUT2D eigenvalue weighted by Crippen LogP contribution is -2.18. The van der Waals surface area contributed by atoms with Gasteiger partial charge in [0.15, 0.2) is 0 Å². The van der Waals surface area contributed by atoms with Crippen LogP contribution in [-0.4, -0.2) is 12.5 Å². The van der Waals surface area contributed by atoms with Crippen LogP contribution in [0.3, 0.4) is 0 Å². The largest absolute Gasteiger partial charge is 0.492 e. The van der Waals surface area contributed by atoms with Gasteiger partial charge >= 0.3 is 0 Å².